The van der Waals surface area contributed by atoms with Crippen LogP contribution in [0, 0.1) is 10.8 Å². The molecule has 1 aromatic carbocycles. The third-order valence-corrected chi connectivity index (χ3v) is 6.11. The van der Waals surface area contributed by atoms with Gasteiger partial charge in [0.2, 0.25) is 17.8 Å². The highest BCUT2D eigenvalue weighted by atomic mass is 16.5. The average Bonchev–Trinajstić information content (AvgIpc) is 3.19. The number of phenolic OH excluding ortho intramolecular Hbond substituents is 1. The molecule has 0 aromatic heterocycles. The lowest BCUT2D eigenvalue weighted by Gasteiger charge is -2.26. The van der Waals surface area contributed by atoms with Crippen molar-refractivity contribution in [1.82, 2.24) is 10.7 Å². The van der Waals surface area contributed by atoms with Crippen LogP contribution in [0.1, 0.15) is 38.2 Å². The van der Waals surface area contributed by atoms with E-state index in [1.165, 1.54) is 13.2 Å². The van der Waals surface area contributed by atoms with E-state index in [1.807, 2.05) is 13.0 Å². The molecule has 0 bridgehead atoms. The van der Waals surface area contributed by atoms with Crippen LogP contribution in [0.3, 0.4) is 0 Å². The van der Waals surface area contributed by atoms with Crippen LogP contribution in [0.25, 0.3) is 0 Å². The number of rotatable bonds is 5. The fourth-order valence-electron chi connectivity index (χ4n) is 4.20. The summed E-state index contributed by atoms with van der Waals surface area (Å²) in [6.45, 7) is 1.85. The highest BCUT2D eigenvalue weighted by Gasteiger charge is 2.43. The predicted octanol–water partition coefficient (Wildman–Crippen LogP) is 3.77. The third kappa shape index (κ3) is 7.21. The molecular formula is C28H34N4O4. The van der Waals surface area contributed by atoms with E-state index >= 15 is 0 Å². The number of hydrazone groups is 1. The Kier molecular flexibility index (Phi) is 8.89. The summed E-state index contributed by atoms with van der Waals surface area (Å²) in [5.74, 6) is -0.704. The standard InChI is InChI=1S/C28H34N4O4/c1-27(16-17-28(20-27)14-10-8-6-4-3-5-7-9-11-15-28)25(35)31-32-26(29)30-24(34)19-21-12-13-22(33)23(18-21)36-2/h4-7,10-18,33H,3,8-9,19-20H2,1-2H3,(H,31,35)(H3,29,30,32,34)/b6-4-,7-5-,14-10-,15-11?. The minimum atomic E-state index is -0.798. The lowest BCUT2D eigenvalue weighted by atomic mass is 9.77. The maximum Gasteiger partial charge on any atom is 0.249 e. The van der Waals surface area contributed by atoms with E-state index in [2.05, 4.69) is 70.5 Å². The van der Waals surface area contributed by atoms with Crippen LogP contribution < -0.4 is 21.2 Å². The van der Waals surface area contributed by atoms with Gasteiger partial charge in [-0.2, -0.15) is 0 Å². The summed E-state index contributed by atoms with van der Waals surface area (Å²) < 4.78 is 5.05. The van der Waals surface area contributed by atoms with Crippen LogP contribution >= 0.6 is 0 Å². The monoisotopic (exact) mass is 490 g/mol. The maximum absolute atomic E-state index is 13.0. The number of aromatic hydroxyl groups is 1. The lowest BCUT2D eigenvalue weighted by molar-refractivity contribution is -0.128. The molecule has 8 heteroatoms. The smallest absolute Gasteiger partial charge is 0.249 e. The largest absolute Gasteiger partial charge is 0.504 e. The number of nitrogens with two attached hydrogens (primary N) is 1. The molecule has 5 N–H and O–H groups in total. The number of methoxy groups -OCH3 is 1. The van der Waals surface area contributed by atoms with Crippen molar-refractivity contribution in [3.63, 3.8) is 0 Å². The fourth-order valence-corrected chi connectivity index (χ4v) is 4.20. The zero-order valence-electron chi connectivity index (χ0n) is 20.7. The first-order valence-corrected chi connectivity index (χ1v) is 11.9. The van der Waals surface area contributed by atoms with E-state index in [4.69, 9.17) is 10.5 Å². The van der Waals surface area contributed by atoms with Crippen molar-refractivity contribution >= 4 is 17.8 Å². The Balaban J connectivity index is 1.59. The first-order valence-electron chi connectivity index (χ1n) is 11.9. The molecule has 2 amide bonds. The Morgan fingerprint density at radius 1 is 1.03 bits per heavy atom. The highest BCUT2D eigenvalue weighted by Crippen LogP contribution is 2.46. The minimum Gasteiger partial charge on any atom is -0.504 e. The van der Waals surface area contributed by atoms with Gasteiger partial charge in [0.05, 0.1) is 18.9 Å². The first-order chi connectivity index (χ1) is 17.3. The van der Waals surface area contributed by atoms with Crippen LogP contribution in [0.15, 0.2) is 84.1 Å². The molecule has 0 heterocycles. The number of nitrogens with one attached hydrogen (secondary N) is 2. The van der Waals surface area contributed by atoms with E-state index in [9.17, 15) is 14.7 Å². The van der Waals surface area contributed by atoms with Gasteiger partial charge in [-0.05, 0) is 50.3 Å². The van der Waals surface area contributed by atoms with Gasteiger partial charge in [-0.3, -0.25) is 14.9 Å². The molecule has 0 aliphatic heterocycles. The van der Waals surface area contributed by atoms with E-state index in [1.54, 1.807) is 12.1 Å². The second-order valence-corrected chi connectivity index (χ2v) is 9.16. The summed E-state index contributed by atoms with van der Waals surface area (Å²) in [5.41, 5.74) is 7.77. The van der Waals surface area contributed by atoms with Crippen molar-refractivity contribution in [3.8, 4) is 11.5 Å². The molecular weight excluding hydrogens is 456 g/mol. The molecule has 8 nitrogen and oxygen atoms in total. The number of hydrogen-bond acceptors (Lipinski definition) is 5. The zero-order valence-corrected chi connectivity index (χ0v) is 20.7. The summed E-state index contributed by atoms with van der Waals surface area (Å²) in [5, 5.41) is 16.0. The number of carbonyl (C=O) groups excluding carboxylic acids is 2. The van der Waals surface area contributed by atoms with Crippen molar-refractivity contribution in [2.24, 2.45) is 21.7 Å². The number of benzene rings is 1. The van der Waals surface area contributed by atoms with Gasteiger partial charge in [-0.1, -0.05) is 66.8 Å². The molecule has 2 unspecified atom stereocenters. The minimum absolute atomic E-state index is 0.00712. The Hall–Kier alpha value is -4.07. The van der Waals surface area contributed by atoms with Crippen molar-refractivity contribution < 1.29 is 19.4 Å². The topological polar surface area (TPSA) is 126 Å². The third-order valence-electron chi connectivity index (χ3n) is 6.11. The van der Waals surface area contributed by atoms with Gasteiger partial charge in [-0.15, -0.1) is 5.10 Å². The molecule has 2 aliphatic rings. The second-order valence-electron chi connectivity index (χ2n) is 9.16. The van der Waals surface area contributed by atoms with Crippen molar-refractivity contribution in [3.05, 3.63) is 84.5 Å². The van der Waals surface area contributed by atoms with Gasteiger partial charge in [0, 0.05) is 5.41 Å². The fraction of sp³-hybridized carbons (Fsp3) is 0.321. The van der Waals surface area contributed by atoms with E-state index in [0.717, 1.165) is 19.3 Å². The molecule has 36 heavy (non-hydrogen) atoms. The number of nitrogens with zero attached hydrogens (tertiary/aromatic N) is 1. The van der Waals surface area contributed by atoms with E-state index in [0.29, 0.717) is 12.0 Å². The maximum atomic E-state index is 13.0. The van der Waals surface area contributed by atoms with Crippen LogP contribution in [-0.2, 0) is 16.0 Å². The van der Waals surface area contributed by atoms with Crippen LogP contribution in [0.2, 0.25) is 0 Å². The van der Waals surface area contributed by atoms with Gasteiger partial charge >= 0.3 is 0 Å². The molecule has 190 valence electrons. The second kappa shape index (κ2) is 12.1. The molecule has 2 atom stereocenters. The first kappa shape index (κ1) is 26.5. The van der Waals surface area contributed by atoms with Crippen LogP contribution in [0.5, 0.6) is 11.5 Å². The van der Waals surface area contributed by atoms with Gasteiger partial charge < -0.3 is 15.6 Å². The van der Waals surface area contributed by atoms with Gasteiger partial charge in [0.25, 0.3) is 0 Å². The molecule has 0 fully saturated rings. The molecule has 0 saturated carbocycles. The number of allylic oxidation sites excluding steroid dienone is 9. The molecule has 0 radical (unpaired) electrons. The van der Waals surface area contributed by atoms with Crippen LogP contribution in [0.4, 0.5) is 0 Å². The number of hydrogen-bond donors (Lipinski definition) is 4. The SMILES string of the molecule is COc1cc(CC(=O)NC(N)=NNC(=O)C2(C)C=CC3(C=CC/C=C\C/C=C\C/C=C\3)C2)ccc1O. The Bertz CT molecular complexity index is 1120. The Labute approximate surface area is 212 Å². The average molecular weight is 491 g/mol. The summed E-state index contributed by atoms with van der Waals surface area (Å²) >= 11 is 0. The zero-order chi connectivity index (χ0) is 26.0. The predicted molar refractivity (Wildman–Crippen MR) is 141 cm³/mol. The summed E-state index contributed by atoms with van der Waals surface area (Å²) in [6.07, 6.45) is 24.2. The van der Waals surface area contributed by atoms with Crippen molar-refractivity contribution in [2.45, 2.75) is 39.0 Å². The molecule has 0 saturated heterocycles. The van der Waals surface area contributed by atoms with E-state index in [-0.39, 0.29) is 35.2 Å². The molecule has 1 aromatic rings. The van der Waals surface area contributed by atoms with Gasteiger partial charge in [0.1, 0.15) is 0 Å². The Morgan fingerprint density at radius 3 is 2.31 bits per heavy atom. The van der Waals surface area contributed by atoms with Gasteiger partial charge in [-0.25, -0.2) is 5.43 Å². The normalized spacial score (nSPS) is 26.4. The summed E-state index contributed by atoms with van der Waals surface area (Å²) in [4.78, 5) is 25.3. The number of ether oxygens (including phenoxy) is 1. The molecule has 3 rings (SSSR count). The molecule has 2 aliphatic carbocycles. The summed E-state index contributed by atoms with van der Waals surface area (Å²) in [7, 11) is 1.43. The number of phenols is 1. The highest BCUT2D eigenvalue weighted by molar-refractivity contribution is 5.97. The van der Waals surface area contributed by atoms with Gasteiger partial charge in [0.15, 0.2) is 11.5 Å². The Morgan fingerprint density at radius 2 is 1.67 bits per heavy atom. The number of carbonyl (C=O) groups is 2. The van der Waals surface area contributed by atoms with Crippen molar-refractivity contribution in [1.29, 1.82) is 0 Å². The molecule has 1 spiro atoms. The van der Waals surface area contributed by atoms with Crippen molar-refractivity contribution in [2.75, 3.05) is 7.11 Å². The number of guanidine groups is 1. The lowest BCUT2D eigenvalue weighted by Crippen LogP contribution is -2.42. The summed E-state index contributed by atoms with van der Waals surface area (Å²) in [6, 6.07) is 4.61. The number of amides is 2. The van der Waals surface area contributed by atoms with Crippen LogP contribution in [-0.4, -0.2) is 30.0 Å². The quantitative estimate of drug-likeness (QED) is 0.216. The van der Waals surface area contributed by atoms with E-state index < -0.39 is 11.3 Å².